The van der Waals surface area contributed by atoms with Crippen LogP contribution in [0.5, 0.6) is 0 Å². The van der Waals surface area contributed by atoms with Crippen molar-refractivity contribution in [2.45, 2.75) is 13.1 Å². The second-order valence-corrected chi connectivity index (χ2v) is 4.38. The van der Waals surface area contributed by atoms with E-state index in [0.717, 1.165) is 4.68 Å². The summed E-state index contributed by atoms with van der Waals surface area (Å²) in [5.74, 6) is -1.45. The van der Waals surface area contributed by atoms with Crippen molar-refractivity contribution in [3.8, 4) is 0 Å². The number of carbonyl (C=O) groups excluding carboxylic acids is 1. The molecule has 9 heteroatoms. The van der Waals surface area contributed by atoms with Crippen LogP contribution in [0.2, 0.25) is 5.02 Å². The Morgan fingerprint density at radius 3 is 2.85 bits per heavy atom. The van der Waals surface area contributed by atoms with Gasteiger partial charge in [0.2, 0.25) is 0 Å². The molecule has 8 nitrogen and oxygen atoms in total. The SMILES string of the molecule is O=C(O)Cn1nccc1C(=O)NCCn1cc(Cl)cn1. The Kier molecular flexibility index (Phi) is 4.36. The van der Waals surface area contributed by atoms with Crippen LogP contribution < -0.4 is 5.32 Å². The number of hydrogen-bond donors (Lipinski definition) is 2. The van der Waals surface area contributed by atoms with Gasteiger partial charge in [-0.05, 0) is 6.07 Å². The molecule has 2 heterocycles. The lowest BCUT2D eigenvalue weighted by Crippen LogP contribution is -2.30. The lowest BCUT2D eigenvalue weighted by atomic mass is 10.4. The molecule has 0 bridgehead atoms. The minimum absolute atomic E-state index is 0.200. The molecule has 2 aromatic heterocycles. The number of carboxylic acids is 1. The molecule has 0 unspecified atom stereocenters. The molecule has 0 saturated heterocycles. The Morgan fingerprint density at radius 1 is 1.40 bits per heavy atom. The number of nitrogens with zero attached hydrogens (tertiary/aromatic N) is 4. The molecule has 20 heavy (non-hydrogen) atoms. The molecular formula is C11H12ClN5O3. The van der Waals surface area contributed by atoms with Crippen LogP contribution in [0.1, 0.15) is 10.5 Å². The molecule has 0 aliphatic rings. The first-order valence-electron chi connectivity index (χ1n) is 5.76. The predicted molar refractivity (Wildman–Crippen MR) is 69.4 cm³/mol. The molecule has 0 aliphatic carbocycles. The zero-order chi connectivity index (χ0) is 14.5. The number of halogens is 1. The highest BCUT2D eigenvalue weighted by atomic mass is 35.5. The van der Waals surface area contributed by atoms with Crippen molar-refractivity contribution in [2.24, 2.45) is 0 Å². The average molecular weight is 298 g/mol. The van der Waals surface area contributed by atoms with Crippen LogP contribution >= 0.6 is 11.6 Å². The summed E-state index contributed by atoms with van der Waals surface area (Å²) in [6.07, 6.45) is 4.53. The van der Waals surface area contributed by atoms with Crippen LogP contribution in [0.4, 0.5) is 0 Å². The number of aromatic nitrogens is 4. The standard InChI is InChI=1S/C11H12ClN5O3/c12-8-5-15-16(6-8)4-3-13-11(20)9-1-2-14-17(9)7-10(18)19/h1-2,5-6H,3-4,7H2,(H,13,20)(H,18,19). The number of amides is 1. The molecular weight excluding hydrogens is 286 g/mol. The first kappa shape index (κ1) is 14.1. The Balaban J connectivity index is 1.88. The maximum atomic E-state index is 11.9. The largest absolute Gasteiger partial charge is 0.480 e. The summed E-state index contributed by atoms with van der Waals surface area (Å²) < 4.78 is 2.72. The van der Waals surface area contributed by atoms with Gasteiger partial charge < -0.3 is 10.4 Å². The van der Waals surface area contributed by atoms with Gasteiger partial charge in [-0.2, -0.15) is 10.2 Å². The molecule has 2 aromatic rings. The van der Waals surface area contributed by atoms with Gasteiger partial charge in [0, 0.05) is 18.9 Å². The quantitative estimate of drug-likeness (QED) is 0.795. The molecule has 0 radical (unpaired) electrons. The highest BCUT2D eigenvalue weighted by Gasteiger charge is 2.13. The summed E-state index contributed by atoms with van der Waals surface area (Å²) >= 11 is 5.71. The minimum atomic E-state index is -1.06. The zero-order valence-electron chi connectivity index (χ0n) is 10.4. The Morgan fingerprint density at radius 2 is 2.20 bits per heavy atom. The van der Waals surface area contributed by atoms with Crippen LogP contribution in [-0.2, 0) is 17.9 Å². The molecule has 0 fully saturated rings. The van der Waals surface area contributed by atoms with Crippen molar-refractivity contribution in [3.63, 3.8) is 0 Å². The lowest BCUT2D eigenvalue weighted by Gasteiger charge is -2.06. The normalized spacial score (nSPS) is 10.4. The summed E-state index contributed by atoms with van der Waals surface area (Å²) in [7, 11) is 0. The van der Waals surface area contributed by atoms with E-state index in [1.807, 2.05) is 0 Å². The summed E-state index contributed by atoms with van der Waals surface area (Å²) in [4.78, 5) is 22.5. The van der Waals surface area contributed by atoms with E-state index in [9.17, 15) is 9.59 Å². The first-order chi connectivity index (χ1) is 9.56. The molecule has 2 N–H and O–H groups in total. The smallest absolute Gasteiger partial charge is 0.325 e. The van der Waals surface area contributed by atoms with Crippen molar-refractivity contribution in [2.75, 3.05) is 6.54 Å². The number of carboxylic acid groups (broad SMARTS) is 1. The van der Waals surface area contributed by atoms with Crippen molar-refractivity contribution >= 4 is 23.5 Å². The number of carbonyl (C=O) groups is 2. The van der Waals surface area contributed by atoms with Gasteiger partial charge in [-0.1, -0.05) is 11.6 Å². The Hall–Kier alpha value is -2.35. The minimum Gasteiger partial charge on any atom is -0.480 e. The zero-order valence-corrected chi connectivity index (χ0v) is 11.1. The van der Waals surface area contributed by atoms with Crippen LogP contribution in [-0.4, -0.2) is 43.1 Å². The highest BCUT2D eigenvalue weighted by molar-refractivity contribution is 6.30. The fourth-order valence-corrected chi connectivity index (χ4v) is 1.77. The summed E-state index contributed by atoms with van der Waals surface area (Å²) in [6, 6.07) is 1.46. The van der Waals surface area contributed by atoms with E-state index < -0.39 is 5.97 Å². The van der Waals surface area contributed by atoms with E-state index in [2.05, 4.69) is 15.5 Å². The summed E-state index contributed by atoms with van der Waals surface area (Å²) in [5.41, 5.74) is 0.200. The van der Waals surface area contributed by atoms with E-state index in [-0.39, 0.29) is 18.1 Å². The fourth-order valence-electron chi connectivity index (χ4n) is 1.61. The van der Waals surface area contributed by atoms with Crippen molar-refractivity contribution in [3.05, 3.63) is 35.4 Å². The van der Waals surface area contributed by atoms with Gasteiger partial charge >= 0.3 is 5.97 Å². The van der Waals surface area contributed by atoms with E-state index in [1.165, 1.54) is 18.5 Å². The molecule has 0 spiro atoms. The summed E-state index contributed by atoms with van der Waals surface area (Å²) in [5, 5.41) is 19.6. The van der Waals surface area contributed by atoms with Gasteiger partial charge in [-0.25, -0.2) is 4.68 Å². The molecule has 0 saturated carbocycles. The van der Waals surface area contributed by atoms with Crippen LogP contribution in [0.25, 0.3) is 0 Å². The third-order valence-corrected chi connectivity index (χ3v) is 2.66. The maximum absolute atomic E-state index is 11.9. The first-order valence-corrected chi connectivity index (χ1v) is 6.14. The second-order valence-electron chi connectivity index (χ2n) is 3.95. The van der Waals surface area contributed by atoms with E-state index in [1.54, 1.807) is 10.9 Å². The number of rotatable bonds is 6. The molecule has 106 valence electrons. The number of nitrogens with one attached hydrogen (secondary N) is 1. The van der Waals surface area contributed by atoms with Crippen LogP contribution in [0.3, 0.4) is 0 Å². The average Bonchev–Trinajstić information content (AvgIpc) is 2.98. The fraction of sp³-hybridized carbons (Fsp3) is 0.273. The topological polar surface area (TPSA) is 102 Å². The van der Waals surface area contributed by atoms with E-state index in [4.69, 9.17) is 16.7 Å². The molecule has 1 amide bonds. The van der Waals surface area contributed by atoms with Crippen molar-refractivity contribution < 1.29 is 14.7 Å². The van der Waals surface area contributed by atoms with Crippen LogP contribution in [0.15, 0.2) is 24.7 Å². The van der Waals surface area contributed by atoms with Crippen molar-refractivity contribution in [1.82, 2.24) is 24.9 Å². The number of aliphatic carboxylic acids is 1. The van der Waals surface area contributed by atoms with Crippen LogP contribution in [0, 0.1) is 0 Å². The predicted octanol–water partition coefficient (Wildman–Crippen LogP) is 0.248. The van der Waals surface area contributed by atoms with E-state index >= 15 is 0 Å². The molecule has 2 rings (SSSR count). The van der Waals surface area contributed by atoms with Gasteiger partial charge in [0.05, 0.1) is 17.8 Å². The Labute approximate surface area is 118 Å². The molecule has 0 aliphatic heterocycles. The van der Waals surface area contributed by atoms with Gasteiger partial charge in [-0.15, -0.1) is 0 Å². The van der Waals surface area contributed by atoms with Gasteiger partial charge in [-0.3, -0.25) is 14.3 Å². The Bertz CT molecular complexity index is 621. The second kappa shape index (κ2) is 6.20. The number of hydrogen-bond acceptors (Lipinski definition) is 4. The maximum Gasteiger partial charge on any atom is 0.325 e. The van der Waals surface area contributed by atoms with Gasteiger partial charge in [0.25, 0.3) is 5.91 Å². The summed E-state index contributed by atoms with van der Waals surface area (Å²) in [6.45, 7) is 0.450. The molecule has 0 aromatic carbocycles. The highest BCUT2D eigenvalue weighted by Crippen LogP contribution is 2.04. The lowest BCUT2D eigenvalue weighted by molar-refractivity contribution is -0.137. The third-order valence-electron chi connectivity index (χ3n) is 2.46. The molecule has 0 atom stereocenters. The monoisotopic (exact) mass is 297 g/mol. The van der Waals surface area contributed by atoms with Crippen molar-refractivity contribution in [1.29, 1.82) is 0 Å². The third kappa shape index (κ3) is 3.58. The van der Waals surface area contributed by atoms with Gasteiger partial charge in [0.1, 0.15) is 12.2 Å². The van der Waals surface area contributed by atoms with E-state index in [0.29, 0.717) is 18.1 Å². The van der Waals surface area contributed by atoms with Gasteiger partial charge in [0.15, 0.2) is 0 Å².